The van der Waals surface area contributed by atoms with E-state index in [1.165, 1.54) is 21.6 Å². The molecule has 3 rings (SSSR count). The average Bonchev–Trinajstić information content (AvgIpc) is 2.39. The number of fused-ring (bicyclic) bond motifs is 1. The molecule has 0 fully saturated rings. The van der Waals surface area contributed by atoms with Crippen molar-refractivity contribution in [2.24, 2.45) is 0 Å². The van der Waals surface area contributed by atoms with Gasteiger partial charge in [0.1, 0.15) is 0 Å². The van der Waals surface area contributed by atoms with Gasteiger partial charge in [-0.15, -0.1) is 11.8 Å². The lowest BCUT2D eigenvalue weighted by molar-refractivity contribution is 1.36. The Bertz CT molecular complexity index is 570. The zero-order chi connectivity index (χ0) is 11.7. The molecule has 0 nitrogen and oxygen atoms in total. The molecule has 1 aliphatic heterocycles. The first-order valence-corrected chi connectivity index (χ1v) is 7.31. The van der Waals surface area contributed by atoms with Crippen LogP contribution in [0.25, 0.3) is 5.57 Å². The van der Waals surface area contributed by atoms with Crippen LogP contribution in [-0.2, 0) is 0 Å². The smallest absolute Gasteiger partial charge is 0.0175 e. The Morgan fingerprint density at radius 3 is 2.53 bits per heavy atom. The summed E-state index contributed by atoms with van der Waals surface area (Å²) in [5.74, 6) is 1.06. The summed E-state index contributed by atoms with van der Waals surface area (Å²) in [6, 6.07) is 17.2. The van der Waals surface area contributed by atoms with Gasteiger partial charge in [0, 0.05) is 15.1 Å². The molecule has 0 aromatic heterocycles. The van der Waals surface area contributed by atoms with Crippen molar-refractivity contribution in [3.63, 3.8) is 0 Å². The molecule has 0 aliphatic carbocycles. The second-order valence-corrected chi connectivity index (χ2v) is 5.91. The molecule has 17 heavy (non-hydrogen) atoms. The molecule has 0 spiro atoms. The highest BCUT2D eigenvalue weighted by molar-refractivity contribution is 9.10. The van der Waals surface area contributed by atoms with E-state index in [0.717, 1.165) is 10.2 Å². The minimum Gasteiger partial charge on any atom is -0.121 e. The van der Waals surface area contributed by atoms with Crippen LogP contribution in [0.3, 0.4) is 0 Å². The number of hydrogen-bond acceptors (Lipinski definition) is 1. The molecular weight excluding hydrogens is 292 g/mol. The second-order valence-electron chi connectivity index (χ2n) is 3.93. The first-order valence-electron chi connectivity index (χ1n) is 5.53. The van der Waals surface area contributed by atoms with Crippen LogP contribution in [-0.4, -0.2) is 5.75 Å². The molecule has 84 valence electrons. The molecule has 2 aromatic rings. The van der Waals surface area contributed by atoms with Crippen molar-refractivity contribution in [2.75, 3.05) is 5.75 Å². The SMILES string of the molecule is Brc1ccc(C2=CCSc3ccccc32)cc1. The zero-order valence-corrected chi connectivity index (χ0v) is 11.6. The van der Waals surface area contributed by atoms with E-state index in [1.54, 1.807) is 0 Å². The first kappa shape index (κ1) is 11.1. The Labute approximate surface area is 114 Å². The lowest BCUT2D eigenvalue weighted by atomic mass is 9.97. The highest BCUT2D eigenvalue weighted by atomic mass is 79.9. The second kappa shape index (κ2) is 4.71. The largest absolute Gasteiger partial charge is 0.121 e. The number of thioether (sulfide) groups is 1. The van der Waals surface area contributed by atoms with E-state index < -0.39 is 0 Å². The van der Waals surface area contributed by atoms with Crippen LogP contribution in [0.1, 0.15) is 11.1 Å². The van der Waals surface area contributed by atoms with Gasteiger partial charge in [-0.25, -0.2) is 0 Å². The summed E-state index contributed by atoms with van der Waals surface area (Å²) in [5, 5.41) is 0. The van der Waals surface area contributed by atoms with E-state index in [2.05, 4.69) is 70.5 Å². The van der Waals surface area contributed by atoms with Gasteiger partial charge in [-0.1, -0.05) is 52.3 Å². The summed E-state index contributed by atoms with van der Waals surface area (Å²) in [6.45, 7) is 0. The number of benzene rings is 2. The van der Waals surface area contributed by atoms with Gasteiger partial charge in [-0.2, -0.15) is 0 Å². The van der Waals surface area contributed by atoms with Crippen LogP contribution in [0.4, 0.5) is 0 Å². The van der Waals surface area contributed by atoms with Crippen LogP contribution in [0.15, 0.2) is 64.0 Å². The normalized spacial score (nSPS) is 14.1. The van der Waals surface area contributed by atoms with Gasteiger partial charge < -0.3 is 0 Å². The number of rotatable bonds is 1. The van der Waals surface area contributed by atoms with Crippen molar-refractivity contribution >= 4 is 33.3 Å². The maximum atomic E-state index is 3.48. The van der Waals surface area contributed by atoms with Gasteiger partial charge in [0.05, 0.1) is 0 Å². The van der Waals surface area contributed by atoms with Crippen molar-refractivity contribution in [1.29, 1.82) is 0 Å². The highest BCUT2D eigenvalue weighted by Gasteiger charge is 2.13. The molecule has 0 amide bonds. The molecule has 0 radical (unpaired) electrons. The quantitative estimate of drug-likeness (QED) is 0.715. The third kappa shape index (κ3) is 2.20. The van der Waals surface area contributed by atoms with Gasteiger partial charge in [-0.05, 0) is 34.9 Å². The first-order chi connectivity index (χ1) is 8.34. The third-order valence-corrected chi connectivity index (χ3v) is 4.39. The molecule has 1 heterocycles. The summed E-state index contributed by atoms with van der Waals surface area (Å²) in [6.07, 6.45) is 2.32. The number of halogens is 1. The Kier molecular flexibility index (Phi) is 3.08. The maximum absolute atomic E-state index is 3.48. The van der Waals surface area contributed by atoms with Gasteiger partial charge in [0.2, 0.25) is 0 Å². The van der Waals surface area contributed by atoms with E-state index in [0.29, 0.717) is 0 Å². The van der Waals surface area contributed by atoms with Crippen molar-refractivity contribution < 1.29 is 0 Å². The Hall–Kier alpha value is -0.990. The molecule has 1 aliphatic rings. The molecule has 0 N–H and O–H groups in total. The van der Waals surface area contributed by atoms with E-state index in [9.17, 15) is 0 Å². The highest BCUT2D eigenvalue weighted by Crippen LogP contribution is 2.36. The maximum Gasteiger partial charge on any atom is 0.0175 e. The summed E-state index contributed by atoms with van der Waals surface area (Å²) in [7, 11) is 0. The summed E-state index contributed by atoms with van der Waals surface area (Å²) in [4.78, 5) is 1.38. The lowest BCUT2D eigenvalue weighted by Gasteiger charge is -2.17. The van der Waals surface area contributed by atoms with Crippen LogP contribution >= 0.6 is 27.7 Å². The molecule has 0 atom stereocenters. The van der Waals surface area contributed by atoms with E-state index in [-0.39, 0.29) is 0 Å². The van der Waals surface area contributed by atoms with Crippen LogP contribution in [0, 0.1) is 0 Å². The molecule has 2 heteroatoms. The van der Waals surface area contributed by atoms with Crippen molar-refractivity contribution in [2.45, 2.75) is 4.90 Å². The monoisotopic (exact) mass is 302 g/mol. The van der Waals surface area contributed by atoms with Crippen LogP contribution < -0.4 is 0 Å². The summed E-state index contributed by atoms with van der Waals surface area (Å²) >= 11 is 5.38. The Balaban J connectivity index is 2.09. The molecule has 2 aromatic carbocycles. The van der Waals surface area contributed by atoms with Gasteiger partial charge in [0.15, 0.2) is 0 Å². The third-order valence-electron chi connectivity index (χ3n) is 2.86. The Morgan fingerprint density at radius 2 is 1.71 bits per heavy atom. The van der Waals surface area contributed by atoms with Crippen LogP contribution in [0.5, 0.6) is 0 Å². The van der Waals surface area contributed by atoms with E-state index in [4.69, 9.17) is 0 Å². The fourth-order valence-corrected chi connectivity index (χ4v) is 3.24. The minimum atomic E-state index is 1.06. The molecule has 0 saturated heterocycles. The fraction of sp³-hybridized carbons (Fsp3) is 0.0667. The molecular formula is C15H11BrS. The Morgan fingerprint density at radius 1 is 0.941 bits per heavy atom. The van der Waals surface area contributed by atoms with Crippen LogP contribution in [0.2, 0.25) is 0 Å². The topological polar surface area (TPSA) is 0 Å². The van der Waals surface area contributed by atoms with Crippen molar-refractivity contribution in [1.82, 2.24) is 0 Å². The average molecular weight is 303 g/mol. The van der Waals surface area contributed by atoms with E-state index >= 15 is 0 Å². The summed E-state index contributed by atoms with van der Waals surface area (Å²) < 4.78 is 1.13. The fourth-order valence-electron chi connectivity index (χ4n) is 2.04. The predicted octanol–water partition coefficient (Wildman–Crippen LogP) is 4.99. The predicted molar refractivity (Wildman–Crippen MR) is 78.4 cm³/mol. The van der Waals surface area contributed by atoms with Gasteiger partial charge in [-0.3, -0.25) is 0 Å². The molecule has 0 unspecified atom stereocenters. The summed E-state index contributed by atoms with van der Waals surface area (Å²) in [5.41, 5.74) is 4.00. The lowest BCUT2D eigenvalue weighted by Crippen LogP contribution is -1.96. The van der Waals surface area contributed by atoms with E-state index in [1.807, 2.05) is 11.8 Å². The van der Waals surface area contributed by atoms with Gasteiger partial charge >= 0.3 is 0 Å². The molecule has 0 saturated carbocycles. The zero-order valence-electron chi connectivity index (χ0n) is 9.19. The standard InChI is InChI=1S/C15H11BrS/c16-12-7-5-11(6-8-12)13-9-10-17-15-4-2-1-3-14(13)15/h1-9H,10H2. The number of hydrogen-bond donors (Lipinski definition) is 0. The van der Waals surface area contributed by atoms with Crippen molar-refractivity contribution in [3.05, 3.63) is 70.2 Å². The molecule has 0 bridgehead atoms. The minimum absolute atomic E-state index is 1.06. The van der Waals surface area contributed by atoms with Gasteiger partial charge in [0.25, 0.3) is 0 Å². The van der Waals surface area contributed by atoms with Crippen molar-refractivity contribution in [3.8, 4) is 0 Å².